The molecule has 0 fully saturated rings. The molecule has 0 spiro atoms. The van der Waals surface area contributed by atoms with Gasteiger partial charge in [0.2, 0.25) is 0 Å². The Hall–Kier alpha value is -4.49. The lowest BCUT2D eigenvalue weighted by molar-refractivity contribution is -0.146. The zero-order valence-electron chi connectivity index (χ0n) is 19.8. The molecule has 3 aliphatic rings. The highest BCUT2D eigenvalue weighted by Gasteiger charge is 2.45. The Balaban J connectivity index is 1.84. The van der Waals surface area contributed by atoms with Crippen LogP contribution in [0.1, 0.15) is 22.0 Å². The van der Waals surface area contributed by atoms with Crippen molar-refractivity contribution < 1.29 is 23.9 Å². The van der Waals surface area contributed by atoms with Crippen molar-refractivity contribution in [1.82, 2.24) is 9.55 Å². The summed E-state index contributed by atoms with van der Waals surface area (Å²) < 4.78 is 12.1. The summed E-state index contributed by atoms with van der Waals surface area (Å²) in [6, 6.07) is 20.0. The van der Waals surface area contributed by atoms with Gasteiger partial charge in [-0.05, 0) is 41.8 Å². The molecule has 37 heavy (non-hydrogen) atoms. The lowest BCUT2D eigenvalue weighted by atomic mass is 9.84. The first-order valence-electron chi connectivity index (χ1n) is 11.5. The molecule has 0 saturated carbocycles. The van der Waals surface area contributed by atoms with Crippen molar-refractivity contribution >= 4 is 56.7 Å². The number of nitrogens with zero attached hydrogens (tertiary/aromatic N) is 2. The van der Waals surface area contributed by atoms with Gasteiger partial charge in [-0.2, -0.15) is 0 Å². The number of hydrogen-bond acceptors (Lipinski definition) is 6. The standard InChI is InChI=1S/C29H19ClN2O5/c1-36-28(34)23-22(27(33)15-11-13-16(30)14-12-15)21-17-7-3-4-8-18(17)24-25(21)32(26(23)29(35)37-2)20-10-6-5-9-19(20)31-24/h3-14,26H,1-2H3. The van der Waals surface area contributed by atoms with Crippen molar-refractivity contribution in [2.75, 3.05) is 14.2 Å². The predicted molar refractivity (Wildman–Crippen MR) is 140 cm³/mol. The summed E-state index contributed by atoms with van der Waals surface area (Å²) >= 11 is 6.07. The molecule has 2 heterocycles. The number of hydrogen-bond donors (Lipinski definition) is 0. The van der Waals surface area contributed by atoms with E-state index >= 15 is 0 Å². The van der Waals surface area contributed by atoms with E-state index in [9.17, 15) is 14.4 Å². The molecule has 0 N–H and O–H groups in total. The van der Waals surface area contributed by atoms with Crippen LogP contribution >= 0.6 is 11.6 Å². The summed E-state index contributed by atoms with van der Waals surface area (Å²) in [4.78, 5) is 45.9. The molecular formula is C29H19ClN2O5. The van der Waals surface area contributed by atoms with Crippen LogP contribution in [0.25, 0.3) is 38.8 Å². The van der Waals surface area contributed by atoms with Gasteiger partial charge in [0.25, 0.3) is 0 Å². The van der Waals surface area contributed by atoms with Crippen LogP contribution in [0.5, 0.6) is 0 Å². The highest BCUT2D eigenvalue weighted by atomic mass is 35.5. The maximum atomic E-state index is 14.2. The van der Waals surface area contributed by atoms with Gasteiger partial charge in [-0.25, -0.2) is 14.6 Å². The van der Waals surface area contributed by atoms with Gasteiger partial charge in [0.15, 0.2) is 11.8 Å². The topological polar surface area (TPSA) is 87.5 Å². The van der Waals surface area contributed by atoms with Crippen molar-refractivity contribution in [2.45, 2.75) is 6.04 Å². The Labute approximate surface area is 216 Å². The number of carbonyl (C=O) groups is 3. The van der Waals surface area contributed by atoms with E-state index < -0.39 is 23.8 Å². The number of fused-ring (bicyclic) bond motifs is 5. The van der Waals surface area contributed by atoms with E-state index in [-0.39, 0.29) is 11.1 Å². The van der Waals surface area contributed by atoms with Crippen molar-refractivity contribution in [1.29, 1.82) is 0 Å². The number of halogens is 1. The van der Waals surface area contributed by atoms with Gasteiger partial charge in [0, 0.05) is 27.1 Å². The van der Waals surface area contributed by atoms with Crippen LogP contribution in [-0.4, -0.2) is 41.5 Å². The minimum absolute atomic E-state index is 0.0767. The zero-order valence-corrected chi connectivity index (χ0v) is 20.6. The lowest BCUT2D eigenvalue weighted by Gasteiger charge is -2.31. The minimum Gasteiger partial charge on any atom is -0.467 e. The summed E-state index contributed by atoms with van der Waals surface area (Å²) in [5.74, 6) is -1.95. The smallest absolute Gasteiger partial charge is 0.337 e. The van der Waals surface area contributed by atoms with Crippen LogP contribution in [0.2, 0.25) is 5.02 Å². The molecule has 0 amide bonds. The second-order valence-electron chi connectivity index (χ2n) is 8.63. The van der Waals surface area contributed by atoms with Crippen molar-refractivity contribution in [3.05, 3.63) is 94.5 Å². The maximum Gasteiger partial charge on any atom is 0.337 e. The molecule has 3 aromatic rings. The van der Waals surface area contributed by atoms with E-state index in [0.717, 1.165) is 10.8 Å². The second kappa shape index (κ2) is 8.57. The molecule has 1 aliphatic carbocycles. The number of allylic oxidation sites excluding steroid dienone is 1. The first-order chi connectivity index (χ1) is 18.0. The average molecular weight is 511 g/mol. The average Bonchev–Trinajstić information content (AvgIpc) is 3.26. The van der Waals surface area contributed by atoms with Crippen LogP contribution in [0.4, 0.5) is 0 Å². The molecule has 0 radical (unpaired) electrons. The molecule has 3 aromatic carbocycles. The highest BCUT2D eigenvalue weighted by molar-refractivity contribution is 6.38. The Morgan fingerprint density at radius 1 is 0.865 bits per heavy atom. The number of esters is 2. The first-order valence-corrected chi connectivity index (χ1v) is 11.9. The number of ketones is 1. The number of para-hydroxylation sites is 2. The number of ether oxygens (including phenoxy) is 2. The summed E-state index contributed by atoms with van der Waals surface area (Å²) in [6.45, 7) is 0. The van der Waals surface area contributed by atoms with E-state index in [2.05, 4.69) is 0 Å². The summed E-state index contributed by atoms with van der Waals surface area (Å²) in [7, 11) is 2.47. The molecule has 1 unspecified atom stereocenters. The van der Waals surface area contributed by atoms with Crippen molar-refractivity contribution in [3.63, 3.8) is 0 Å². The largest absolute Gasteiger partial charge is 0.467 e. The SMILES string of the molecule is COC(=O)C1=C(C(=O)c2ccc(Cl)cc2)c2c3n(c4ccccc4nc-3c3ccccc23)C1C(=O)OC. The van der Waals surface area contributed by atoms with Gasteiger partial charge in [0.05, 0.1) is 42.2 Å². The van der Waals surface area contributed by atoms with E-state index in [0.29, 0.717) is 38.6 Å². The van der Waals surface area contributed by atoms with Gasteiger partial charge in [0.1, 0.15) is 0 Å². The number of methoxy groups -OCH3 is 2. The number of aromatic nitrogens is 2. The molecule has 2 aliphatic heterocycles. The van der Waals surface area contributed by atoms with Crippen LogP contribution in [0.3, 0.4) is 0 Å². The Bertz CT molecular complexity index is 1770. The summed E-state index contributed by atoms with van der Waals surface area (Å²) in [5.41, 5.74) is 3.23. The number of Topliss-reactive ketones (excluding diaryl/α,β-unsaturated/α-hetero) is 1. The fourth-order valence-electron chi connectivity index (χ4n) is 5.19. The minimum atomic E-state index is -1.27. The lowest BCUT2D eigenvalue weighted by Crippen LogP contribution is -2.33. The van der Waals surface area contributed by atoms with E-state index in [1.165, 1.54) is 14.2 Å². The Morgan fingerprint density at radius 2 is 1.54 bits per heavy atom. The molecular weight excluding hydrogens is 492 g/mol. The molecule has 182 valence electrons. The summed E-state index contributed by atoms with van der Waals surface area (Å²) in [6.07, 6.45) is 0. The third kappa shape index (κ3) is 3.28. The van der Waals surface area contributed by atoms with Gasteiger partial charge in [-0.1, -0.05) is 48.0 Å². The fourth-order valence-corrected chi connectivity index (χ4v) is 5.32. The molecule has 0 aromatic heterocycles. The maximum absolute atomic E-state index is 14.2. The van der Waals surface area contributed by atoms with Gasteiger partial charge in [-0.15, -0.1) is 0 Å². The second-order valence-corrected chi connectivity index (χ2v) is 9.07. The van der Waals surface area contributed by atoms with Crippen LogP contribution < -0.4 is 0 Å². The van der Waals surface area contributed by atoms with Crippen LogP contribution in [0.15, 0.2) is 78.4 Å². The van der Waals surface area contributed by atoms with Gasteiger partial charge >= 0.3 is 11.9 Å². The van der Waals surface area contributed by atoms with Crippen molar-refractivity contribution in [2.24, 2.45) is 0 Å². The van der Waals surface area contributed by atoms with Crippen LogP contribution in [-0.2, 0) is 19.1 Å². The third-order valence-electron chi connectivity index (χ3n) is 6.74. The first kappa shape index (κ1) is 22.9. The van der Waals surface area contributed by atoms with E-state index in [1.54, 1.807) is 28.8 Å². The number of benzene rings is 3. The Kier molecular flexibility index (Phi) is 5.31. The van der Waals surface area contributed by atoms with E-state index in [4.69, 9.17) is 26.1 Å². The molecule has 6 rings (SSSR count). The summed E-state index contributed by atoms with van der Waals surface area (Å²) in [5, 5.41) is 1.99. The predicted octanol–water partition coefficient (Wildman–Crippen LogP) is 5.48. The molecule has 0 saturated heterocycles. The number of carbonyl (C=O) groups excluding carboxylic acids is 3. The monoisotopic (exact) mass is 510 g/mol. The molecule has 7 nitrogen and oxygen atoms in total. The molecule has 1 atom stereocenters. The normalized spacial score (nSPS) is 14.8. The van der Waals surface area contributed by atoms with Crippen LogP contribution in [0, 0.1) is 0 Å². The fraction of sp³-hybridized carbons (Fsp3) is 0.103. The number of rotatable bonds is 4. The quantitative estimate of drug-likeness (QED) is 0.235. The van der Waals surface area contributed by atoms with Crippen molar-refractivity contribution in [3.8, 4) is 11.4 Å². The zero-order chi connectivity index (χ0) is 25.8. The highest BCUT2D eigenvalue weighted by Crippen LogP contribution is 2.51. The molecule has 8 heteroatoms. The van der Waals surface area contributed by atoms with E-state index in [1.807, 2.05) is 48.5 Å². The third-order valence-corrected chi connectivity index (χ3v) is 6.99. The molecule has 0 bridgehead atoms. The van der Waals surface area contributed by atoms with Gasteiger partial charge in [-0.3, -0.25) is 4.79 Å². The Morgan fingerprint density at radius 3 is 2.24 bits per heavy atom. The van der Waals surface area contributed by atoms with Gasteiger partial charge < -0.3 is 14.0 Å².